The molecule has 0 atom stereocenters. The van der Waals surface area contributed by atoms with Crippen LogP contribution in [-0.2, 0) is 0 Å². The molecule has 0 spiro atoms. The second kappa shape index (κ2) is 3.93. The fourth-order valence-corrected chi connectivity index (χ4v) is 1.27. The standard InChI is InChI=1S/C10H11N5/c11-8-6-9(14-15-10(8)13-12)7-4-2-1-3-5-7/h1-6H,12H2,(H2,11,14)(H,13,15). The van der Waals surface area contributed by atoms with E-state index >= 15 is 0 Å². The SMILES string of the molecule is NNc1nnc(-c2ccccc2)cc1N. The first-order chi connectivity index (χ1) is 7.31. The maximum absolute atomic E-state index is 5.72. The van der Waals surface area contributed by atoms with Gasteiger partial charge in [0.15, 0.2) is 5.82 Å². The smallest absolute Gasteiger partial charge is 0.185 e. The van der Waals surface area contributed by atoms with Crippen molar-refractivity contribution in [3.05, 3.63) is 36.4 Å². The third-order valence-corrected chi connectivity index (χ3v) is 2.03. The highest BCUT2D eigenvalue weighted by Gasteiger charge is 2.03. The number of anilines is 2. The summed E-state index contributed by atoms with van der Waals surface area (Å²) >= 11 is 0. The average Bonchev–Trinajstić information content (AvgIpc) is 2.30. The summed E-state index contributed by atoms with van der Waals surface area (Å²) < 4.78 is 0. The van der Waals surface area contributed by atoms with Gasteiger partial charge in [0.2, 0.25) is 0 Å². The molecule has 0 unspecified atom stereocenters. The molecule has 0 amide bonds. The molecule has 5 nitrogen and oxygen atoms in total. The topological polar surface area (TPSA) is 89.8 Å². The van der Waals surface area contributed by atoms with E-state index in [4.69, 9.17) is 11.6 Å². The molecule has 0 aliphatic rings. The summed E-state index contributed by atoms with van der Waals surface area (Å²) in [4.78, 5) is 0. The first-order valence-electron chi connectivity index (χ1n) is 4.46. The van der Waals surface area contributed by atoms with Crippen LogP contribution in [0.4, 0.5) is 11.5 Å². The van der Waals surface area contributed by atoms with Gasteiger partial charge in [-0.25, -0.2) is 5.84 Å². The van der Waals surface area contributed by atoms with Gasteiger partial charge in [-0.3, -0.25) is 0 Å². The minimum Gasteiger partial charge on any atom is -0.396 e. The molecule has 15 heavy (non-hydrogen) atoms. The van der Waals surface area contributed by atoms with Gasteiger partial charge in [0.1, 0.15) is 0 Å². The summed E-state index contributed by atoms with van der Waals surface area (Å²) in [5.74, 6) is 5.59. The van der Waals surface area contributed by atoms with Crippen molar-refractivity contribution in [3.8, 4) is 11.3 Å². The van der Waals surface area contributed by atoms with E-state index in [0.717, 1.165) is 11.3 Å². The molecular formula is C10H11N5. The number of benzene rings is 1. The van der Waals surface area contributed by atoms with Gasteiger partial charge in [-0.15, -0.1) is 10.2 Å². The molecule has 2 aromatic rings. The minimum atomic E-state index is 0.384. The van der Waals surface area contributed by atoms with Gasteiger partial charge in [0.25, 0.3) is 0 Å². The van der Waals surface area contributed by atoms with E-state index in [-0.39, 0.29) is 0 Å². The van der Waals surface area contributed by atoms with Crippen LogP contribution in [0.2, 0.25) is 0 Å². The number of rotatable bonds is 2. The molecular weight excluding hydrogens is 190 g/mol. The Morgan fingerprint density at radius 2 is 1.80 bits per heavy atom. The normalized spacial score (nSPS) is 9.93. The zero-order chi connectivity index (χ0) is 10.7. The Balaban J connectivity index is 2.43. The van der Waals surface area contributed by atoms with Crippen LogP contribution in [0.3, 0.4) is 0 Å². The van der Waals surface area contributed by atoms with Gasteiger partial charge >= 0.3 is 0 Å². The Morgan fingerprint density at radius 1 is 1.07 bits per heavy atom. The first kappa shape index (κ1) is 9.42. The van der Waals surface area contributed by atoms with E-state index < -0.39 is 0 Å². The first-order valence-corrected chi connectivity index (χ1v) is 4.46. The van der Waals surface area contributed by atoms with E-state index in [9.17, 15) is 0 Å². The van der Waals surface area contributed by atoms with Crippen LogP contribution in [0.25, 0.3) is 11.3 Å². The Bertz CT molecular complexity index is 455. The van der Waals surface area contributed by atoms with Crippen molar-refractivity contribution in [2.75, 3.05) is 11.2 Å². The molecule has 1 aromatic heterocycles. The molecule has 0 bridgehead atoms. The predicted molar refractivity (Wildman–Crippen MR) is 59.7 cm³/mol. The Kier molecular flexibility index (Phi) is 2.47. The fourth-order valence-electron chi connectivity index (χ4n) is 1.27. The van der Waals surface area contributed by atoms with Crippen molar-refractivity contribution < 1.29 is 0 Å². The highest BCUT2D eigenvalue weighted by Crippen LogP contribution is 2.21. The van der Waals surface area contributed by atoms with E-state index in [2.05, 4.69) is 15.6 Å². The van der Waals surface area contributed by atoms with Gasteiger partial charge in [-0.1, -0.05) is 30.3 Å². The molecule has 0 aliphatic carbocycles. The maximum atomic E-state index is 5.72. The van der Waals surface area contributed by atoms with Crippen molar-refractivity contribution in [1.29, 1.82) is 0 Å². The lowest BCUT2D eigenvalue weighted by molar-refractivity contribution is 1.03. The number of hydrogen-bond acceptors (Lipinski definition) is 5. The Morgan fingerprint density at radius 3 is 2.40 bits per heavy atom. The van der Waals surface area contributed by atoms with Crippen LogP contribution < -0.4 is 17.0 Å². The quantitative estimate of drug-likeness (QED) is 0.498. The molecule has 5 heteroatoms. The van der Waals surface area contributed by atoms with Gasteiger partial charge in [-0.2, -0.15) is 0 Å². The Hall–Kier alpha value is -2.14. The van der Waals surface area contributed by atoms with E-state index in [1.165, 1.54) is 0 Å². The number of aromatic nitrogens is 2. The van der Waals surface area contributed by atoms with Crippen LogP contribution in [0.5, 0.6) is 0 Å². The summed E-state index contributed by atoms with van der Waals surface area (Å²) in [5.41, 5.74) is 10.3. The van der Waals surface area contributed by atoms with Gasteiger partial charge in [0.05, 0.1) is 11.4 Å². The number of hydrazine groups is 1. The van der Waals surface area contributed by atoms with Crippen LogP contribution in [0, 0.1) is 0 Å². The lowest BCUT2D eigenvalue weighted by Crippen LogP contribution is -2.11. The largest absolute Gasteiger partial charge is 0.396 e. The van der Waals surface area contributed by atoms with Crippen molar-refractivity contribution in [1.82, 2.24) is 10.2 Å². The molecule has 1 aromatic carbocycles. The zero-order valence-electron chi connectivity index (χ0n) is 8.01. The second-order valence-corrected chi connectivity index (χ2v) is 3.04. The van der Waals surface area contributed by atoms with Crippen LogP contribution in [0.1, 0.15) is 0 Å². The van der Waals surface area contributed by atoms with Crippen molar-refractivity contribution in [3.63, 3.8) is 0 Å². The van der Waals surface area contributed by atoms with E-state index in [1.54, 1.807) is 6.07 Å². The van der Waals surface area contributed by atoms with Gasteiger partial charge in [-0.05, 0) is 6.07 Å². The molecule has 0 radical (unpaired) electrons. The van der Waals surface area contributed by atoms with Crippen molar-refractivity contribution in [2.45, 2.75) is 0 Å². The monoisotopic (exact) mass is 201 g/mol. The molecule has 5 N–H and O–H groups in total. The number of hydrogen-bond donors (Lipinski definition) is 3. The Labute approximate surface area is 87.1 Å². The number of nitrogens with one attached hydrogen (secondary N) is 1. The maximum Gasteiger partial charge on any atom is 0.185 e. The molecule has 76 valence electrons. The minimum absolute atomic E-state index is 0.384. The summed E-state index contributed by atoms with van der Waals surface area (Å²) in [7, 11) is 0. The predicted octanol–water partition coefficient (Wildman–Crippen LogP) is 1.01. The van der Waals surface area contributed by atoms with Gasteiger partial charge < -0.3 is 11.2 Å². The fraction of sp³-hybridized carbons (Fsp3) is 0. The third kappa shape index (κ3) is 1.87. The number of nitrogens with two attached hydrogens (primary N) is 2. The zero-order valence-corrected chi connectivity index (χ0v) is 8.01. The van der Waals surface area contributed by atoms with E-state index in [0.29, 0.717) is 11.5 Å². The summed E-state index contributed by atoms with van der Waals surface area (Å²) in [6.07, 6.45) is 0. The summed E-state index contributed by atoms with van der Waals surface area (Å²) in [6, 6.07) is 11.4. The van der Waals surface area contributed by atoms with Gasteiger partial charge in [0, 0.05) is 5.56 Å². The highest BCUT2D eigenvalue weighted by atomic mass is 15.3. The summed E-state index contributed by atoms with van der Waals surface area (Å²) in [6.45, 7) is 0. The van der Waals surface area contributed by atoms with Crippen molar-refractivity contribution >= 4 is 11.5 Å². The molecule has 1 heterocycles. The molecule has 0 saturated carbocycles. The third-order valence-electron chi connectivity index (χ3n) is 2.03. The molecule has 2 rings (SSSR count). The van der Waals surface area contributed by atoms with Crippen LogP contribution in [0.15, 0.2) is 36.4 Å². The molecule has 0 aliphatic heterocycles. The second-order valence-electron chi connectivity index (χ2n) is 3.04. The van der Waals surface area contributed by atoms with Crippen LogP contribution in [-0.4, -0.2) is 10.2 Å². The average molecular weight is 201 g/mol. The lowest BCUT2D eigenvalue weighted by atomic mass is 10.1. The highest BCUT2D eigenvalue weighted by molar-refractivity contribution is 5.68. The molecule has 0 fully saturated rings. The van der Waals surface area contributed by atoms with Crippen molar-refractivity contribution in [2.24, 2.45) is 5.84 Å². The van der Waals surface area contributed by atoms with Crippen LogP contribution >= 0.6 is 0 Å². The molecule has 0 saturated heterocycles. The number of nitrogen functional groups attached to an aromatic ring is 2. The lowest BCUT2D eigenvalue weighted by Gasteiger charge is -2.04. The summed E-state index contributed by atoms with van der Waals surface area (Å²) in [5, 5.41) is 7.87. The van der Waals surface area contributed by atoms with E-state index in [1.807, 2.05) is 30.3 Å². The number of nitrogens with zero attached hydrogens (tertiary/aromatic N) is 2.